The number of terminal acetylenes is 1. The molecular formula is C19H21BN2O4S2. The standard InChI is InChI=1S/C19H21BN2O4S2/c1-4-13-20-21(27(23,24)18-9-5-16(2)6-10-18)14-15-22(20)28(25,26)19-11-7-17(3)8-12-19/h1,5-12H,13-15H2,2-3H3. The van der Waals surface area contributed by atoms with Gasteiger partial charge in [-0.1, -0.05) is 35.4 Å². The second-order valence-corrected chi connectivity index (χ2v) is 10.5. The molecule has 0 spiro atoms. The average molecular weight is 416 g/mol. The summed E-state index contributed by atoms with van der Waals surface area (Å²) < 4.78 is 54.8. The highest BCUT2D eigenvalue weighted by Crippen LogP contribution is 2.29. The molecule has 6 nitrogen and oxygen atoms in total. The van der Waals surface area contributed by atoms with Crippen LogP contribution >= 0.6 is 0 Å². The first kappa shape index (κ1) is 20.6. The lowest BCUT2D eigenvalue weighted by Gasteiger charge is -2.25. The lowest BCUT2D eigenvalue weighted by Crippen LogP contribution is -2.48. The summed E-state index contributed by atoms with van der Waals surface area (Å²) in [6.07, 6.45) is 5.41. The molecule has 3 rings (SSSR count). The maximum atomic E-state index is 13.1. The first-order valence-electron chi connectivity index (χ1n) is 8.78. The molecule has 28 heavy (non-hydrogen) atoms. The Balaban J connectivity index is 1.99. The van der Waals surface area contributed by atoms with Crippen molar-refractivity contribution in [2.24, 2.45) is 0 Å². The molecule has 0 unspecified atom stereocenters. The van der Waals surface area contributed by atoms with Crippen LogP contribution in [0.4, 0.5) is 0 Å². The van der Waals surface area contributed by atoms with Crippen molar-refractivity contribution >= 4 is 27.0 Å². The van der Waals surface area contributed by atoms with Crippen LogP contribution in [0.3, 0.4) is 0 Å². The predicted molar refractivity (Wildman–Crippen MR) is 110 cm³/mol. The highest BCUT2D eigenvalue weighted by Gasteiger charge is 2.48. The molecule has 1 aliphatic heterocycles. The summed E-state index contributed by atoms with van der Waals surface area (Å²) in [5.74, 6) is 2.42. The zero-order chi connectivity index (χ0) is 20.5. The van der Waals surface area contributed by atoms with Gasteiger partial charge >= 0.3 is 6.98 Å². The lowest BCUT2D eigenvalue weighted by molar-refractivity contribution is 0.536. The van der Waals surface area contributed by atoms with Crippen molar-refractivity contribution in [2.75, 3.05) is 13.1 Å². The van der Waals surface area contributed by atoms with E-state index in [4.69, 9.17) is 6.42 Å². The number of sulfonamides is 2. The van der Waals surface area contributed by atoms with Gasteiger partial charge in [0, 0.05) is 19.4 Å². The smallest absolute Gasteiger partial charge is 0.217 e. The molecule has 0 amide bonds. The summed E-state index contributed by atoms with van der Waals surface area (Å²) in [5, 5.41) is 0. The van der Waals surface area contributed by atoms with Gasteiger partial charge in [-0.05, 0) is 38.1 Å². The van der Waals surface area contributed by atoms with Gasteiger partial charge in [-0.3, -0.25) is 0 Å². The van der Waals surface area contributed by atoms with Crippen molar-refractivity contribution in [1.29, 1.82) is 0 Å². The number of rotatable bonds is 5. The van der Waals surface area contributed by atoms with Crippen molar-refractivity contribution in [3.63, 3.8) is 0 Å². The molecule has 0 atom stereocenters. The Hall–Kier alpha value is -2.12. The van der Waals surface area contributed by atoms with Crippen LogP contribution in [0.1, 0.15) is 11.1 Å². The highest BCUT2D eigenvalue weighted by molar-refractivity contribution is 7.92. The predicted octanol–water partition coefficient (Wildman–Crippen LogP) is 2.12. The molecule has 0 aromatic heterocycles. The van der Waals surface area contributed by atoms with Crippen molar-refractivity contribution < 1.29 is 16.8 Å². The molecule has 2 aromatic carbocycles. The zero-order valence-corrected chi connectivity index (χ0v) is 17.4. The van der Waals surface area contributed by atoms with Gasteiger partial charge in [0.1, 0.15) is 0 Å². The SMILES string of the molecule is C#CCB1N(S(=O)(=O)c2ccc(C)cc2)CCN1S(=O)(=O)c1ccc(C)cc1. The first-order chi connectivity index (χ1) is 13.2. The molecule has 1 heterocycles. The van der Waals surface area contributed by atoms with Gasteiger partial charge in [0.15, 0.2) is 0 Å². The summed E-state index contributed by atoms with van der Waals surface area (Å²) in [6.45, 7) is 2.87. The number of hydrogen-bond donors (Lipinski definition) is 0. The summed E-state index contributed by atoms with van der Waals surface area (Å²) in [4.78, 5) is 0.240. The molecule has 0 bridgehead atoms. The molecule has 1 saturated heterocycles. The molecule has 1 fully saturated rings. The van der Waals surface area contributed by atoms with E-state index in [1.54, 1.807) is 24.3 Å². The van der Waals surface area contributed by atoms with Crippen molar-refractivity contribution in [2.45, 2.75) is 30.0 Å². The molecule has 1 aliphatic rings. The van der Waals surface area contributed by atoms with E-state index < -0.39 is 27.0 Å². The van der Waals surface area contributed by atoms with Crippen LogP contribution < -0.4 is 0 Å². The Morgan fingerprint density at radius 1 is 0.821 bits per heavy atom. The molecule has 2 aromatic rings. The van der Waals surface area contributed by atoms with E-state index in [1.165, 1.54) is 32.7 Å². The van der Waals surface area contributed by atoms with Gasteiger partial charge in [-0.25, -0.2) is 25.3 Å². The molecule has 9 heteroatoms. The van der Waals surface area contributed by atoms with Crippen molar-refractivity contribution in [1.82, 2.24) is 8.43 Å². The largest absolute Gasteiger partial charge is 0.353 e. The summed E-state index contributed by atoms with van der Waals surface area (Å²) in [5.41, 5.74) is 1.87. The van der Waals surface area contributed by atoms with E-state index in [9.17, 15) is 16.8 Å². The quantitative estimate of drug-likeness (QED) is 0.553. The minimum Gasteiger partial charge on any atom is -0.217 e. The summed E-state index contributed by atoms with van der Waals surface area (Å²) in [6, 6.07) is 12.9. The fraction of sp³-hybridized carbons (Fsp3) is 0.263. The van der Waals surface area contributed by atoms with Crippen LogP contribution in [0, 0.1) is 26.2 Å². The Bertz CT molecular complexity index is 1020. The van der Waals surface area contributed by atoms with Crippen LogP contribution in [0.15, 0.2) is 58.3 Å². The second-order valence-electron chi connectivity index (χ2n) is 6.75. The average Bonchev–Trinajstić information content (AvgIpc) is 3.08. The van der Waals surface area contributed by atoms with Gasteiger partial charge in [0.25, 0.3) is 0 Å². The minimum atomic E-state index is -3.88. The van der Waals surface area contributed by atoms with Crippen LogP contribution in [0.2, 0.25) is 6.32 Å². The summed E-state index contributed by atoms with van der Waals surface area (Å²) in [7, 11) is -7.75. The second kappa shape index (κ2) is 7.72. The number of benzene rings is 2. The number of hydrogen-bond acceptors (Lipinski definition) is 4. The Morgan fingerprint density at radius 2 is 1.18 bits per heavy atom. The lowest BCUT2D eigenvalue weighted by atomic mass is 9.74. The van der Waals surface area contributed by atoms with E-state index in [0.29, 0.717) is 0 Å². The molecule has 0 N–H and O–H groups in total. The Morgan fingerprint density at radius 3 is 1.50 bits per heavy atom. The van der Waals surface area contributed by atoms with Gasteiger partial charge in [0.2, 0.25) is 20.0 Å². The molecule has 0 aliphatic carbocycles. The molecule has 0 radical (unpaired) electrons. The van der Waals surface area contributed by atoms with Crippen molar-refractivity contribution in [3.05, 3.63) is 59.7 Å². The molecule has 0 saturated carbocycles. The summed E-state index contributed by atoms with van der Waals surface area (Å²) >= 11 is 0. The van der Waals surface area contributed by atoms with E-state index in [2.05, 4.69) is 5.92 Å². The van der Waals surface area contributed by atoms with Crippen molar-refractivity contribution in [3.8, 4) is 12.3 Å². The maximum Gasteiger partial charge on any atom is 0.353 e. The number of nitrogens with zero attached hydrogens (tertiary/aromatic N) is 2. The van der Waals surface area contributed by atoms with Crippen LogP contribution in [-0.2, 0) is 20.0 Å². The number of aryl methyl sites for hydroxylation is 2. The topological polar surface area (TPSA) is 74.8 Å². The highest BCUT2D eigenvalue weighted by atomic mass is 32.2. The maximum absolute atomic E-state index is 13.1. The third-order valence-corrected chi connectivity index (χ3v) is 8.58. The van der Waals surface area contributed by atoms with Crippen LogP contribution in [-0.4, -0.2) is 45.3 Å². The van der Waals surface area contributed by atoms with Crippen LogP contribution in [0.5, 0.6) is 0 Å². The van der Waals surface area contributed by atoms with E-state index in [1.807, 2.05) is 13.8 Å². The van der Waals surface area contributed by atoms with E-state index >= 15 is 0 Å². The Labute approximate surface area is 167 Å². The normalized spacial score (nSPS) is 16.2. The van der Waals surface area contributed by atoms with Gasteiger partial charge in [0.05, 0.1) is 9.79 Å². The van der Waals surface area contributed by atoms with Gasteiger partial charge < -0.3 is 0 Å². The third kappa shape index (κ3) is 3.73. The van der Waals surface area contributed by atoms with Crippen LogP contribution in [0.25, 0.3) is 0 Å². The third-order valence-electron chi connectivity index (χ3n) is 4.76. The fourth-order valence-electron chi connectivity index (χ4n) is 3.20. The monoisotopic (exact) mass is 416 g/mol. The first-order valence-corrected chi connectivity index (χ1v) is 11.7. The van der Waals surface area contributed by atoms with E-state index in [-0.39, 0.29) is 29.2 Å². The minimum absolute atomic E-state index is 0.0316. The van der Waals surface area contributed by atoms with Gasteiger partial charge in [-0.2, -0.15) is 0 Å². The Kier molecular flexibility index (Phi) is 5.68. The zero-order valence-electron chi connectivity index (χ0n) is 15.7. The van der Waals surface area contributed by atoms with Gasteiger partial charge in [-0.15, -0.1) is 12.3 Å². The fourth-order valence-corrected chi connectivity index (χ4v) is 6.42. The molecular weight excluding hydrogens is 395 g/mol. The molecule has 146 valence electrons. The van der Waals surface area contributed by atoms with E-state index in [0.717, 1.165) is 11.1 Å².